The Balaban J connectivity index is 1.37. The van der Waals surface area contributed by atoms with Crippen molar-refractivity contribution in [3.63, 3.8) is 0 Å². The van der Waals surface area contributed by atoms with E-state index in [0.717, 1.165) is 6.07 Å². The standard InChI is InChI=1S/C45H27N3OS/c1-2-12-28(13-3-1)31-14-4-5-17-37(31)44-46-43(47-45(48-44)38-21-11-20-36-34-16-7-9-23-40(34)50-42(36)38)30-26-24-29(25-27-30)32-18-10-19-35-33-15-6-8-22-39(33)49-41(32)35/h1-27H/i1D,2D,3D,4D,5D,6D,7D,8D,9D,10D,11D,12D,14D,15D,16D,17D,18D,19D,20D,21D,22D,23D,24D,25D,26D,27D. The molecular formula is C45H27N3OS. The average molecular weight is 684 g/mol. The van der Waals surface area contributed by atoms with E-state index in [0.29, 0.717) is 11.3 Å². The van der Waals surface area contributed by atoms with E-state index >= 15 is 0 Å². The van der Waals surface area contributed by atoms with Crippen molar-refractivity contribution in [1.29, 1.82) is 0 Å². The van der Waals surface area contributed by atoms with Gasteiger partial charge in [-0.2, -0.15) is 0 Å². The van der Waals surface area contributed by atoms with Crippen LogP contribution in [0, 0.1) is 0 Å². The third-order valence-corrected chi connectivity index (χ3v) is 8.68. The molecule has 5 heteroatoms. The lowest BCUT2D eigenvalue weighted by molar-refractivity contribution is 0.670. The van der Waals surface area contributed by atoms with E-state index < -0.39 is 230 Å². The molecule has 0 aliphatic rings. The number of fused-ring (bicyclic) bond motifs is 6. The fourth-order valence-electron chi connectivity index (χ4n) is 5.35. The maximum absolute atomic E-state index is 9.47. The van der Waals surface area contributed by atoms with Crippen LogP contribution in [0.5, 0.6) is 0 Å². The molecule has 0 atom stereocenters. The highest BCUT2D eigenvalue weighted by molar-refractivity contribution is 7.26. The second-order valence-corrected chi connectivity index (χ2v) is 11.4. The molecule has 3 heterocycles. The van der Waals surface area contributed by atoms with E-state index in [9.17, 15) is 8.22 Å². The summed E-state index contributed by atoms with van der Waals surface area (Å²) in [6, 6.07) is -19.7. The van der Waals surface area contributed by atoms with Crippen molar-refractivity contribution < 1.29 is 40.1 Å². The Morgan fingerprint density at radius 3 is 1.92 bits per heavy atom. The van der Waals surface area contributed by atoms with Crippen molar-refractivity contribution in [2.24, 2.45) is 0 Å². The summed E-state index contributed by atoms with van der Waals surface area (Å²) in [4.78, 5) is 13.5. The van der Waals surface area contributed by atoms with Gasteiger partial charge in [-0.05, 0) is 34.8 Å². The molecule has 4 nitrogen and oxygen atoms in total. The van der Waals surface area contributed by atoms with Gasteiger partial charge in [0.1, 0.15) is 11.2 Å². The van der Waals surface area contributed by atoms with Gasteiger partial charge in [-0.15, -0.1) is 11.3 Å². The molecule has 0 saturated heterocycles. The van der Waals surface area contributed by atoms with Gasteiger partial charge in [0.05, 0.1) is 35.6 Å². The summed E-state index contributed by atoms with van der Waals surface area (Å²) >= 11 is 0.649. The second kappa shape index (κ2) is 11.6. The summed E-state index contributed by atoms with van der Waals surface area (Å²) in [7, 11) is 0. The van der Waals surface area contributed by atoms with Crippen LogP contribution in [-0.4, -0.2) is 15.0 Å². The predicted molar refractivity (Wildman–Crippen MR) is 207 cm³/mol. The van der Waals surface area contributed by atoms with Gasteiger partial charge >= 0.3 is 0 Å². The van der Waals surface area contributed by atoms with Gasteiger partial charge in [-0.3, -0.25) is 0 Å². The first-order valence-corrected chi connectivity index (χ1v) is 15.3. The maximum Gasteiger partial charge on any atom is 0.165 e. The quantitative estimate of drug-likeness (QED) is 0.181. The van der Waals surface area contributed by atoms with Crippen molar-refractivity contribution in [1.82, 2.24) is 15.0 Å². The molecule has 234 valence electrons. The highest BCUT2D eigenvalue weighted by Gasteiger charge is 2.19. The Morgan fingerprint density at radius 1 is 0.420 bits per heavy atom. The number of aromatic nitrogens is 3. The molecule has 10 aromatic rings. The lowest BCUT2D eigenvalue weighted by Gasteiger charge is -2.12. The van der Waals surface area contributed by atoms with E-state index in [1.807, 2.05) is 0 Å². The highest BCUT2D eigenvalue weighted by atomic mass is 32.1. The normalized spacial score (nSPS) is 18.9. The van der Waals surface area contributed by atoms with Gasteiger partial charge in [0, 0.05) is 53.2 Å². The Labute approximate surface area is 328 Å². The first-order valence-electron chi connectivity index (χ1n) is 27.5. The molecule has 0 aliphatic carbocycles. The van der Waals surface area contributed by atoms with Crippen molar-refractivity contribution in [2.45, 2.75) is 0 Å². The van der Waals surface area contributed by atoms with Crippen LogP contribution in [0.2, 0.25) is 0 Å². The number of para-hydroxylation sites is 2. The topological polar surface area (TPSA) is 51.8 Å². The monoisotopic (exact) mass is 683 g/mol. The second-order valence-electron chi connectivity index (χ2n) is 10.4. The first kappa shape index (κ1) is 12.8. The van der Waals surface area contributed by atoms with Crippen molar-refractivity contribution >= 4 is 53.4 Å². The van der Waals surface area contributed by atoms with E-state index in [-0.39, 0.29) is 25.6 Å². The molecule has 0 spiro atoms. The summed E-state index contributed by atoms with van der Waals surface area (Å²) in [5.74, 6) is -2.37. The summed E-state index contributed by atoms with van der Waals surface area (Å²) < 4.78 is 234. The molecular weight excluding hydrogens is 631 g/mol. The van der Waals surface area contributed by atoms with Crippen molar-refractivity contribution in [3.05, 3.63) is 163 Å². The van der Waals surface area contributed by atoms with Gasteiger partial charge in [0.15, 0.2) is 17.5 Å². The fraction of sp³-hybridized carbons (Fsp3) is 0. The molecule has 0 fully saturated rings. The number of benzene rings is 7. The number of rotatable bonds is 5. The molecule has 0 bridgehead atoms. The molecule has 50 heavy (non-hydrogen) atoms. The Hall–Kier alpha value is -6.43. The van der Waals surface area contributed by atoms with Crippen LogP contribution in [0.1, 0.15) is 35.6 Å². The minimum absolute atomic E-state index is 0.122. The zero-order valence-electron chi connectivity index (χ0n) is 50.7. The molecule has 0 amide bonds. The smallest absolute Gasteiger partial charge is 0.165 e. The van der Waals surface area contributed by atoms with Gasteiger partial charge in [0.2, 0.25) is 0 Å². The molecule has 0 radical (unpaired) electrons. The van der Waals surface area contributed by atoms with Crippen molar-refractivity contribution in [3.8, 4) is 56.4 Å². The van der Waals surface area contributed by atoms with Crippen LogP contribution in [0.25, 0.3) is 98.5 Å². The maximum atomic E-state index is 9.47. The number of thiophene rings is 1. The van der Waals surface area contributed by atoms with Crippen LogP contribution < -0.4 is 0 Å². The van der Waals surface area contributed by atoms with Gasteiger partial charge in [-0.1, -0.05) is 145 Å². The zero-order chi connectivity index (χ0) is 55.6. The van der Waals surface area contributed by atoms with Crippen LogP contribution >= 0.6 is 11.3 Å². The van der Waals surface area contributed by atoms with Crippen LogP contribution in [0.3, 0.4) is 0 Å². The van der Waals surface area contributed by atoms with Gasteiger partial charge < -0.3 is 4.42 Å². The third-order valence-electron chi connectivity index (χ3n) is 7.56. The Bertz CT molecular complexity index is 4350. The average Bonchev–Trinajstić information content (AvgIpc) is 4.08. The van der Waals surface area contributed by atoms with E-state index in [4.69, 9.17) is 31.8 Å². The fourth-order valence-corrected chi connectivity index (χ4v) is 6.41. The summed E-state index contributed by atoms with van der Waals surface area (Å²) in [5.41, 5.74) is -5.48. The molecule has 0 saturated carbocycles. The zero-order valence-corrected chi connectivity index (χ0v) is 25.6. The summed E-state index contributed by atoms with van der Waals surface area (Å²) in [6.07, 6.45) is 0. The lowest BCUT2D eigenvalue weighted by Crippen LogP contribution is -2.01. The molecule has 3 aromatic heterocycles. The summed E-state index contributed by atoms with van der Waals surface area (Å²) in [6.45, 7) is 0. The molecule has 0 N–H and O–H groups in total. The number of nitrogens with zero attached hydrogens (tertiary/aromatic N) is 3. The molecule has 0 aliphatic heterocycles. The molecule has 0 unspecified atom stereocenters. The largest absolute Gasteiger partial charge is 0.455 e. The summed E-state index contributed by atoms with van der Waals surface area (Å²) in [5, 5.41) is -1.24. The Morgan fingerprint density at radius 2 is 1.04 bits per heavy atom. The third kappa shape index (κ3) is 4.71. The van der Waals surface area contributed by atoms with E-state index in [1.54, 1.807) is 0 Å². The lowest BCUT2D eigenvalue weighted by atomic mass is 9.99. The first-order chi connectivity index (χ1) is 35.6. The van der Waals surface area contributed by atoms with Gasteiger partial charge in [0.25, 0.3) is 0 Å². The predicted octanol–water partition coefficient (Wildman–Crippen LogP) is 12.5. The molecule has 7 aromatic carbocycles. The highest BCUT2D eigenvalue weighted by Crippen LogP contribution is 2.41. The number of hydrogen-bond donors (Lipinski definition) is 0. The molecule has 10 rings (SSSR count). The van der Waals surface area contributed by atoms with E-state index in [2.05, 4.69) is 15.0 Å². The Kier molecular flexibility index (Phi) is 2.97. The van der Waals surface area contributed by atoms with Gasteiger partial charge in [-0.25, -0.2) is 15.0 Å². The SMILES string of the molecule is [2H]c1cc(-c2c([2H])c([2H])c([2H])c([2H])c2-c2nc(-c3c([2H])c([2H])c(-c4c([2H])c([2H])c([2H])c5c4oc4c([2H])c([2H])c([2H])c([2H])c45)c([2H])c3[2H])nc(-c3c([2H])c([2H])c([2H])c4c3sc3c([2H])c([2H])c([2H])c([2H])c34)n2)c([2H])c([2H])c1[2H]. The van der Waals surface area contributed by atoms with Crippen LogP contribution in [-0.2, 0) is 0 Å². The van der Waals surface area contributed by atoms with Crippen molar-refractivity contribution in [2.75, 3.05) is 0 Å². The number of furan rings is 1. The minimum atomic E-state index is -1.01. The van der Waals surface area contributed by atoms with E-state index in [1.165, 1.54) is 0 Å². The van der Waals surface area contributed by atoms with Crippen LogP contribution in [0.15, 0.2) is 168 Å². The minimum Gasteiger partial charge on any atom is -0.455 e. The number of hydrogen-bond acceptors (Lipinski definition) is 5. The van der Waals surface area contributed by atoms with Crippen LogP contribution in [0.4, 0.5) is 0 Å².